The van der Waals surface area contributed by atoms with E-state index in [4.69, 9.17) is 9.72 Å². The van der Waals surface area contributed by atoms with Gasteiger partial charge in [-0.1, -0.05) is 24.3 Å². The lowest BCUT2D eigenvalue weighted by atomic mass is 9.68. The highest BCUT2D eigenvalue weighted by Gasteiger charge is 2.37. The molecule has 4 heterocycles. The number of anilines is 1. The average molecular weight is 535 g/mol. The molecule has 0 radical (unpaired) electrons. The Morgan fingerprint density at radius 2 is 1.85 bits per heavy atom. The minimum atomic E-state index is -0.451. The third-order valence-electron chi connectivity index (χ3n) is 9.05. The van der Waals surface area contributed by atoms with Crippen LogP contribution in [0.25, 0.3) is 17.1 Å². The number of benzene rings is 1. The van der Waals surface area contributed by atoms with Crippen LogP contribution in [0.2, 0.25) is 0 Å². The topological polar surface area (TPSA) is 96.0 Å². The fourth-order valence-electron chi connectivity index (χ4n) is 6.93. The highest BCUT2D eigenvalue weighted by Crippen LogP contribution is 2.44. The molecule has 0 bridgehead atoms. The van der Waals surface area contributed by atoms with Crippen molar-refractivity contribution in [2.24, 2.45) is 0 Å². The van der Waals surface area contributed by atoms with E-state index in [2.05, 4.69) is 55.5 Å². The van der Waals surface area contributed by atoms with Crippen LogP contribution in [0.1, 0.15) is 58.4 Å². The second-order valence-corrected chi connectivity index (χ2v) is 11.2. The molecule has 204 valence electrons. The van der Waals surface area contributed by atoms with Gasteiger partial charge in [0.05, 0.1) is 18.6 Å². The van der Waals surface area contributed by atoms with Gasteiger partial charge < -0.3 is 15.0 Å². The molecule has 1 unspecified atom stereocenters. The number of aromatic amines is 1. The maximum Gasteiger partial charge on any atom is 0.150 e. The quantitative estimate of drug-likeness (QED) is 0.344. The number of carbonyl (C=O) groups is 1. The van der Waals surface area contributed by atoms with Crippen LogP contribution < -0.4 is 5.32 Å². The van der Waals surface area contributed by atoms with Crippen LogP contribution in [0.5, 0.6) is 0 Å². The van der Waals surface area contributed by atoms with Crippen LogP contribution in [-0.2, 0) is 16.6 Å². The summed E-state index contributed by atoms with van der Waals surface area (Å²) in [6.07, 6.45) is 16.0. The van der Waals surface area contributed by atoms with Gasteiger partial charge in [0.2, 0.25) is 0 Å². The standard InChI is InChI=1S/C32H34N6O2/c39-20-22-2-1-3-24(18-22)32(23-9-12-33-13-10-23)11-8-28-27(19-32)29-30(34-21-35-31(29)37-28)36-25-4-6-26(7-5-25)38-14-16-40-17-15-38/h1-3,8-13,18,20-21,25-26H,4-7,14-17,19H2,(H2,34,35,36,37)/t25-,26-,32?. The molecular formula is C32H34N6O2. The van der Waals surface area contributed by atoms with Gasteiger partial charge in [-0.3, -0.25) is 14.7 Å². The molecular weight excluding hydrogens is 500 g/mol. The minimum Gasteiger partial charge on any atom is -0.379 e. The number of carbonyl (C=O) groups excluding carboxylic acids is 1. The molecule has 1 aliphatic heterocycles. The van der Waals surface area contributed by atoms with Crippen LogP contribution >= 0.6 is 0 Å². The number of aldehydes is 1. The molecule has 1 aromatic carbocycles. The number of fused-ring (bicyclic) bond motifs is 3. The van der Waals surface area contributed by atoms with Crippen molar-refractivity contribution < 1.29 is 9.53 Å². The lowest BCUT2D eigenvalue weighted by Crippen LogP contribution is -2.46. The molecule has 1 atom stereocenters. The summed E-state index contributed by atoms with van der Waals surface area (Å²) in [5.41, 5.74) is 5.53. The van der Waals surface area contributed by atoms with Gasteiger partial charge in [0, 0.05) is 54.2 Å². The molecule has 0 spiro atoms. The fourth-order valence-corrected chi connectivity index (χ4v) is 6.93. The number of ether oxygens (including phenoxy) is 1. The highest BCUT2D eigenvalue weighted by atomic mass is 16.5. The van der Waals surface area contributed by atoms with E-state index in [-0.39, 0.29) is 0 Å². The predicted octanol–water partition coefficient (Wildman–Crippen LogP) is 4.78. The molecule has 3 aliphatic rings. The van der Waals surface area contributed by atoms with Crippen LogP contribution in [-0.4, -0.2) is 69.5 Å². The average Bonchev–Trinajstić information content (AvgIpc) is 3.41. The maximum absolute atomic E-state index is 11.7. The first-order valence-corrected chi connectivity index (χ1v) is 14.3. The van der Waals surface area contributed by atoms with Crippen molar-refractivity contribution in [1.29, 1.82) is 0 Å². The monoisotopic (exact) mass is 534 g/mol. The van der Waals surface area contributed by atoms with Crippen molar-refractivity contribution in [2.75, 3.05) is 31.6 Å². The largest absolute Gasteiger partial charge is 0.379 e. The van der Waals surface area contributed by atoms with E-state index >= 15 is 0 Å². The molecule has 40 heavy (non-hydrogen) atoms. The number of pyridine rings is 1. The van der Waals surface area contributed by atoms with Gasteiger partial charge in [0.25, 0.3) is 0 Å². The number of rotatable bonds is 6. The van der Waals surface area contributed by atoms with E-state index in [1.807, 2.05) is 30.6 Å². The smallest absolute Gasteiger partial charge is 0.150 e. The van der Waals surface area contributed by atoms with Crippen molar-refractivity contribution >= 4 is 29.2 Å². The zero-order chi connectivity index (χ0) is 26.9. The summed E-state index contributed by atoms with van der Waals surface area (Å²) in [6, 6.07) is 13.1. The summed E-state index contributed by atoms with van der Waals surface area (Å²) < 4.78 is 5.56. The van der Waals surface area contributed by atoms with Crippen molar-refractivity contribution in [2.45, 2.75) is 49.6 Å². The molecule has 2 fully saturated rings. The Morgan fingerprint density at radius 1 is 1.02 bits per heavy atom. The third-order valence-corrected chi connectivity index (χ3v) is 9.05. The summed E-state index contributed by atoms with van der Waals surface area (Å²) in [7, 11) is 0. The Labute approximate surface area is 233 Å². The SMILES string of the molecule is O=Cc1cccc(C2(c3ccncc3)C=Cc3[nH]c4ncnc(N[C@H]5CC[C@H](N6CCOCC6)CC5)c4c3C2)c1. The Kier molecular flexibility index (Phi) is 6.65. The van der Waals surface area contributed by atoms with Gasteiger partial charge in [-0.2, -0.15) is 0 Å². The van der Waals surface area contributed by atoms with Gasteiger partial charge in [0.15, 0.2) is 0 Å². The predicted molar refractivity (Wildman–Crippen MR) is 156 cm³/mol. The molecule has 3 aromatic heterocycles. The van der Waals surface area contributed by atoms with E-state index in [1.54, 1.807) is 6.33 Å². The first-order chi connectivity index (χ1) is 19.7. The molecule has 2 N–H and O–H groups in total. The molecule has 8 heteroatoms. The lowest BCUT2D eigenvalue weighted by molar-refractivity contribution is 0.00791. The number of nitrogens with one attached hydrogen (secondary N) is 2. The summed E-state index contributed by atoms with van der Waals surface area (Å²) in [5.74, 6) is 0.901. The number of allylic oxidation sites excluding steroid dienone is 1. The van der Waals surface area contributed by atoms with Crippen LogP contribution in [0, 0.1) is 0 Å². The molecule has 0 amide bonds. The van der Waals surface area contributed by atoms with E-state index in [1.165, 1.54) is 18.4 Å². The summed E-state index contributed by atoms with van der Waals surface area (Å²) >= 11 is 0. The van der Waals surface area contributed by atoms with Gasteiger partial charge in [0.1, 0.15) is 24.1 Å². The molecule has 4 aromatic rings. The minimum absolute atomic E-state index is 0.384. The summed E-state index contributed by atoms with van der Waals surface area (Å²) in [6.45, 7) is 3.80. The first-order valence-electron chi connectivity index (χ1n) is 14.3. The van der Waals surface area contributed by atoms with Gasteiger partial charge >= 0.3 is 0 Å². The van der Waals surface area contributed by atoms with Gasteiger partial charge in [-0.05, 0) is 73.1 Å². The zero-order valence-corrected chi connectivity index (χ0v) is 22.6. The second kappa shape index (κ2) is 10.6. The summed E-state index contributed by atoms with van der Waals surface area (Å²) in [4.78, 5) is 31.5. The number of nitrogens with zero attached hydrogens (tertiary/aromatic N) is 4. The third kappa shape index (κ3) is 4.51. The zero-order valence-electron chi connectivity index (χ0n) is 22.6. The van der Waals surface area contributed by atoms with E-state index in [0.29, 0.717) is 17.6 Å². The van der Waals surface area contributed by atoms with Crippen molar-refractivity contribution in [3.8, 4) is 0 Å². The van der Waals surface area contributed by atoms with Crippen molar-refractivity contribution in [3.63, 3.8) is 0 Å². The van der Waals surface area contributed by atoms with E-state index in [9.17, 15) is 4.79 Å². The van der Waals surface area contributed by atoms with E-state index in [0.717, 1.165) is 85.5 Å². The van der Waals surface area contributed by atoms with Gasteiger partial charge in [-0.15, -0.1) is 0 Å². The number of hydrogen-bond acceptors (Lipinski definition) is 7. The van der Waals surface area contributed by atoms with E-state index < -0.39 is 5.41 Å². The van der Waals surface area contributed by atoms with Crippen LogP contribution in [0.15, 0.2) is 61.2 Å². The highest BCUT2D eigenvalue weighted by molar-refractivity contribution is 5.94. The first kappa shape index (κ1) is 25.1. The Hall–Kier alpha value is -3.88. The number of morpholine rings is 1. The lowest BCUT2D eigenvalue weighted by Gasteiger charge is -2.39. The molecule has 2 aliphatic carbocycles. The Morgan fingerprint density at radius 3 is 2.65 bits per heavy atom. The van der Waals surface area contributed by atoms with Crippen molar-refractivity contribution in [1.82, 2.24) is 24.8 Å². The molecule has 1 saturated carbocycles. The molecule has 1 saturated heterocycles. The maximum atomic E-state index is 11.7. The number of hydrogen-bond donors (Lipinski definition) is 2. The second-order valence-electron chi connectivity index (χ2n) is 11.2. The number of H-pyrrole nitrogens is 1. The summed E-state index contributed by atoms with van der Waals surface area (Å²) in [5, 5.41) is 4.87. The van der Waals surface area contributed by atoms with Crippen LogP contribution in [0.3, 0.4) is 0 Å². The van der Waals surface area contributed by atoms with Gasteiger partial charge in [-0.25, -0.2) is 9.97 Å². The van der Waals surface area contributed by atoms with Crippen molar-refractivity contribution in [3.05, 3.63) is 89.1 Å². The van der Waals surface area contributed by atoms with Crippen LogP contribution in [0.4, 0.5) is 5.82 Å². The Bertz CT molecular complexity index is 1540. The Balaban J connectivity index is 1.22. The normalized spacial score (nSPS) is 25.0. The number of aromatic nitrogens is 4. The fraction of sp³-hybridized carbons (Fsp3) is 0.375. The molecule has 7 rings (SSSR count). The molecule has 8 nitrogen and oxygen atoms in total.